The SMILES string of the molecule is CC/C(CO)=C(/Nc1ccc(F)c(C(F)(F)F)c1)c1nonc1N. The van der Waals surface area contributed by atoms with Crippen LogP contribution < -0.4 is 11.1 Å². The van der Waals surface area contributed by atoms with E-state index in [0.29, 0.717) is 24.1 Å². The summed E-state index contributed by atoms with van der Waals surface area (Å²) in [6, 6.07) is 2.43. The Hall–Kier alpha value is -2.62. The van der Waals surface area contributed by atoms with Crippen LogP contribution in [0, 0.1) is 5.82 Å². The zero-order chi connectivity index (χ0) is 17.9. The minimum absolute atomic E-state index is 0.0405. The van der Waals surface area contributed by atoms with E-state index >= 15 is 0 Å². The van der Waals surface area contributed by atoms with E-state index in [1.807, 2.05) is 0 Å². The van der Waals surface area contributed by atoms with Crippen LogP contribution >= 0.6 is 0 Å². The molecular formula is C14H14F4N4O2. The van der Waals surface area contributed by atoms with Crippen molar-refractivity contribution < 1.29 is 27.3 Å². The van der Waals surface area contributed by atoms with E-state index in [1.165, 1.54) is 0 Å². The van der Waals surface area contributed by atoms with Gasteiger partial charge in [-0.3, -0.25) is 0 Å². The second kappa shape index (κ2) is 6.87. The summed E-state index contributed by atoms with van der Waals surface area (Å²) in [5.74, 6) is -1.49. The van der Waals surface area contributed by atoms with E-state index < -0.39 is 24.2 Å². The predicted octanol–water partition coefficient (Wildman–Crippen LogP) is 3.04. The van der Waals surface area contributed by atoms with E-state index in [4.69, 9.17) is 5.73 Å². The first-order valence-electron chi connectivity index (χ1n) is 6.83. The van der Waals surface area contributed by atoms with Gasteiger partial charge < -0.3 is 16.2 Å². The molecular weight excluding hydrogens is 332 g/mol. The van der Waals surface area contributed by atoms with Crippen LogP contribution in [-0.4, -0.2) is 22.0 Å². The maximum atomic E-state index is 13.4. The Morgan fingerprint density at radius 3 is 2.54 bits per heavy atom. The molecule has 24 heavy (non-hydrogen) atoms. The fourth-order valence-corrected chi connectivity index (χ4v) is 2.02. The van der Waals surface area contributed by atoms with Crippen molar-refractivity contribution in [2.24, 2.45) is 0 Å². The molecule has 0 amide bonds. The molecule has 0 saturated carbocycles. The number of benzene rings is 1. The molecule has 0 unspecified atom stereocenters. The number of hydrogen-bond acceptors (Lipinski definition) is 6. The van der Waals surface area contributed by atoms with Gasteiger partial charge >= 0.3 is 6.18 Å². The Morgan fingerprint density at radius 2 is 2.04 bits per heavy atom. The quantitative estimate of drug-likeness (QED) is 0.720. The van der Waals surface area contributed by atoms with Gasteiger partial charge in [-0.2, -0.15) is 13.2 Å². The number of hydrogen-bond donors (Lipinski definition) is 3. The first-order chi connectivity index (χ1) is 11.3. The highest BCUT2D eigenvalue weighted by Crippen LogP contribution is 2.34. The van der Waals surface area contributed by atoms with E-state index in [1.54, 1.807) is 6.92 Å². The van der Waals surface area contributed by atoms with Gasteiger partial charge in [0.05, 0.1) is 17.9 Å². The zero-order valence-electron chi connectivity index (χ0n) is 12.5. The highest BCUT2D eigenvalue weighted by atomic mass is 19.4. The van der Waals surface area contributed by atoms with Crippen LogP contribution in [0.2, 0.25) is 0 Å². The van der Waals surface area contributed by atoms with Crippen LogP contribution in [0.15, 0.2) is 28.4 Å². The lowest BCUT2D eigenvalue weighted by atomic mass is 10.1. The summed E-state index contributed by atoms with van der Waals surface area (Å²) in [7, 11) is 0. The summed E-state index contributed by atoms with van der Waals surface area (Å²) in [4.78, 5) is 0. The molecule has 130 valence electrons. The first kappa shape index (κ1) is 17.7. The van der Waals surface area contributed by atoms with Crippen molar-refractivity contribution in [2.45, 2.75) is 19.5 Å². The zero-order valence-corrected chi connectivity index (χ0v) is 12.5. The third kappa shape index (κ3) is 3.65. The van der Waals surface area contributed by atoms with Crippen molar-refractivity contribution >= 4 is 17.2 Å². The summed E-state index contributed by atoms with van der Waals surface area (Å²) in [5, 5.41) is 19.1. The van der Waals surface area contributed by atoms with E-state index in [0.717, 1.165) is 6.07 Å². The Kier molecular flexibility index (Phi) is 5.07. The maximum Gasteiger partial charge on any atom is 0.419 e. The van der Waals surface area contributed by atoms with E-state index in [2.05, 4.69) is 20.3 Å². The van der Waals surface area contributed by atoms with Crippen LogP contribution in [0.5, 0.6) is 0 Å². The molecule has 4 N–H and O–H groups in total. The van der Waals surface area contributed by atoms with Gasteiger partial charge in [0, 0.05) is 5.69 Å². The van der Waals surface area contributed by atoms with Crippen molar-refractivity contribution in [3.8, 4) is 0 Å². The molecule has 0 aliphatic rings. The van der Waals surface area contributed by atoms with Crippen LogP contribution in [-0.2, 0) is 6.18 Å². The largest absolute Gasteiger partial charge is 0.419 e. The first-order valence-corrected chi connectivity index (χ1v) is 6.83. The molecule has 2 aromatic rings. The Morgan fingerprint density at radius 1 is 1.33 bits per heavy atom. The normalized spacial score (nSPS) is 12.9. The van der Waals surface area contributed by atoms with Crippen LogP contribution in [0.3, 0.4) is 0 Å². The number of nitrogens with one attached hydrogen (secondary N) is 1. The van der Waals surface area contributed by atoms with Gasteiger partial charge in [-0.1, -0.05) is 6.92 Å². The average molecular weight is 346 g/mol. The molecule has 0 bridgehead atoms. The van der Waals surface area contributed by atoms with Gasteiger partial charge in [0.2, 0.25) is 0 Å². The summed E-state index contributed by atoms with van der Waals surface area (Å²) >= 11 is 0. The standard InChI is InChI=1S/C14H14F4N4O2/c1-2-7(6-23)11(12-13(19)22-24-21-12)20-8-3-4-10(15)9(5-8)14(16,17)18/h3-5,20,23H,2,6H2,1H3,(H2,19,22)/b11-7-. The smallest absolute Gasteiger partial charge is 0.392 e. The number of nitrogens with zero attached hydrogens (tertiary/aromatic N) is 2. The van der Waals surface area contributed by atoms with Crippen LogP contribution in [0.4, 0.5) is 29.1 Å². The Balaban J connectivity index is 2.49. The van der Waals surface area contributed by atoms with Crippen molar-refractivity contribution in [1.82, 2.24) is 10.3 Å². The number of halogens is 4. The molecule has 0 aliphatic carbocycles. The number of aliphatic hydroxyl groups excluding tert-OH is 1. The fourth-order valence-electron chi connectivity index (χ4n) is 2.02. The van der Waals surface area contributed by atoms with Crippen LogP contribution in [0.25, 0.3) is 5.70 Å². The molecule has 0 fully saturated rings. The van der Waals surface area contributed by atoms with Gasteiger partial charge in [0.1, 0.15) is 5.82 Å². The second-order valence-corrected chi connectivity index (χ2v) is 4.81. The topological polar surface area (TPSA) is 97.2 Å². The van der Waals surface area contributed by atoms with Crippen molar-refractivity contribution in [3.63, 3.8) is 0 Å². The van der Waals surface area contributed by atoms with Gasteiger partial charge in [-0.15, -0.1) is 0 Å². The summed E-state index contributed by atoms with van der Waals surface area (Å²) in [6.07, 6.45) is -4.48. The molecule has 0 aliphatic heterocycles. The van der Waals surface area contributed by atoms with Gasteiger partial charge in [-0.05, 0) is 40.5 Å². The number of aliphatic hydroxyl groups is 1. The highest BCUT2D eigenvalue weighted by molar-refractivity contribution is 5.81. The monoisotopic (exact) mass is 346 g/mol. The van der Waals surface area contributed by atoms with Gasteiger partial charge in [0.25, 0.3) is 0 Å². The Labute approximate surface area is 133 Å². The lowest BCUT2D eigenvalue weighted by Crippen LogP contribution is -2.11. The summed E-state index contributed by atoms with van der Waals surface area (Å²) in [5.41, 5.74) is 4.74. The molecule has 1 heterocycles. The average Bonchev–Trinajstić information content (AvgIpc) is 2.94. The molecule has 1 aromatic carbocycles. The van der Waals surface area contributed by atoms with Crippen molar-refractivity contribution in [3.05, 3.63) is 40.8 Å². The maximum absolute atomic E-state index is 13.4. The minimum Gasteiger partial charge on any atom is -0.392 e. The minimum atomic E-state index is -4.84. The number of alkyl halides is 3. The third-order valence-corrected chi connectivity index (χ3v) is 3.26. The lowest BCUT2D eigenvalue weighted by Gasteiger charge is -2.15. The summed E-state index contributed by atoms with van der Waals surface area (Å²) < 4.78 is 56.3. The van der Waals surface area contributed by atoms with Gasteiger partial charge in [0.15, 0.2) is 11.5 Å². The predicted molar refractivity (Wildman–Crippen MR) is 78.0 cm³/mol. The number of nitrogens with two attached hydrogens (primary N) is 1. The molecule has 0 saturated heterocycles. The molecule has 1 aromatic heterocycles. The second-order valence-electron chi connectivity index (χ2n) is 4.81. The van der Waals surface area contributed by atoms with Crippen molar-refractivity contribution in [2.75, 3.05) is 17.7 Å². The molecule has 0 radical (unpaired) electrons. The number of rotatable bonds is 5. The van der Waals surface area contributed by atoms with Crippen LogP contribution in [0.1, 0.15) is 24.6 Å². The highest BCUT2D eigenvalue weighted by Gasteiger charge is 2.34. The van der Waals surface area contributed by atoms with E-state index in [-0.39, 0.29) is 22.9 Å². The molecule has 0 spiro atoms. The van der Waals surface area contributed by atoms with Crippen molar-refractivity contribution in [1.29, 1.82) is 0 Å². The lowest BCUT2D eigenvalue weighted by molar-refractivity contribution is -0.139. The number of aromatic nitrogens is 2. The molecule has 10 heteroatoms. The number of nitrogen functional groups attached to an aromatic ring is 1. The summed E-state index contributed by atoms with van der Waals surface area (Å²) in [6.45, 7) is 1.33. The third-order valence-electron chi connectivity index (χ3n) is 3.26. The van der Waals surface area contributed by atoms with E-state index in [9.17, 15) is 22.7 Å². The fraction of sp³-hybridized carbons (Fsp3) is 0.286. The molecule has 0 atom stereocenters. The van der Waals surface area contributed by atoms with Gasteiger partial charge in [-0.25, -0.2) is 9.02 Å². The Bertz CT molecular complexity index is 749. The number of anilines is 2. The molecule has 2 rings (SSSR count). The molecule has 6 nitrogen and oxygen atoms in total.